The molecule has 21 heavy (non-hydrogen) atoms. The van der Waals surface area contributed by atoms with E-state index in [4.69, 9.17) is 4.98 Å². The quantitative estimate of drug-likeness (QED) is 0.883. The Labute approximate surface area is 125 Å². The van der Waals surface area contributed by atoms with Crippen LogP contribution in [0.1, 0.15) is 41.5 Å². The van der Waals surface area contributed by atoms with Crippen LogP contribution in [-0.2, 0) is 6.54 Å². The normalized spacial score (nSPS) is 14.0. The predicted molar refractivity (Wildman–Crippen MR) is 84.6 cm³/mol. The van der Waals surface area contributed by atoms with Crippen LogP contribution in [0.15, 0.2) is 18.2 Å². The third kappa shape index (κ3) is 3.12. The van der Waals surface area contributed by atoms with Crippen molar-refractivity contribution in [3.63, 3.8) is 0 Å². The van der Waals surface area contributed by atoms with Gasteiger partial charge in [-0.3, -0.25) is 4.98 Å². The Bertz CT molecular complexity index is 649. The number of nitrogens with zero attached hydrogens (tertiary/aromatic N) is 3. The predicted octanol–water partition coefficient (Wildman–Crippen LogP) is 3.02. The van der Waals surface area contributed by atoms with Crippen LogP contribution in [-0.4, -0.2) is 22.0 Å². The number of nitrogens with one attached hydrogen (secondary N) is 2. The fourth-order valence-corrected chi connectivity index (χ4v) is 2.35. The molecule has 1 fully saturated rings. The molecule has 0 atom stereocenters. The maximum Gasteiger partial charge on any atom is 0.136 e. The molecule has 5 heteroatoms. The van der Waals surface area contributed by atoms with Crippen molar-refractivity contribution < 1.29 is 0 Å². The molecule has 0 aromatic carbocycles. The first-order valence-electron chi connectivity index (χ1n) is 7.40. The van der Waals surface area contributed by atoms with E-state index >= 15 is 0 Å². The van der Waals surface area contributed by atoms with Gasteiger partial charge in [0.25, 0.3) is 0 Å². The van der Waals surface area contributed by atoms with E-state index in [9.17, 15) is 0 Å². The Morgan fingerprint density at radius 1 is 1.10 bits per heavy atom. The van der Waals surface area contributed by atoms with Crippen molar-refractivity contribution in [1.29, 1.82) is 0 Å². The Morgan fingerprint density at radius 3 is 2.52 bits per heavy atom. The van der Waals surface area contributed by atoms with Crippen molar-refractivity contribution in [2.75, 3.05) is 17.7 Å². The van der Waals surface area contributed by atoms with E-state index < -0.39 is 0 Å². The molecule has 0 aliphatic heterocycles. The third-order valence-corrected chi connectivity index (χ3v) is 3.73. The van der Waals surface area contributed by atoms with Gasteiger partial charge in [-0.15, -0.1) is 0 Å². The van der Waals surface area contributed by atoms with Crippen molar-refractivity contribution in [3.8, 4) is 0 Å². The molecule has 0 unspecified atom stereocenters. The van der Waals surface area contributed by atoms with Gasteiger partial charge in [0.1, 0.15) is 17.5 Å². The lowest BCUT2D eigenvalue weighted by molar-refractivity contribution is 0.907. The molecule has 0 bridgehead atoms. The lowest BCUT2D eigenvalue weighted by Gasteiger charge is -2.13. The molecule has 1 saturated carbocycles. The molecule has 1 aliphatic rings. The highest BCUT2D eigenvalue weighted by Crippen LogP contribution is 2.39. The van der Waals surface area contributed by atoms with Crippen LogP contribution in [0.4, 0.5) is 11.6 Å². The van der Waals surface area contributed by atoms with Gasteiger partial charge >= 0.3 is 0 Å². The zero-order valence-corrected chi connectivity index (χ0v) is 12.8. The Kier molecular flexibility index (Phi) is 3.73. The van der Waals surface area contributed by atoms with Gasteiger partial charge in [0.2, 0.25) is 0 Å². The molecule has 2 aromatic rings. The van der Waals surface area contributed by atoms with Crippen LogP contribution in [0.5, 0.6) is 0 Å². The number of anilines is 2. The second kappa shape index (κ2) is 5.68. The van der Waals surface area contributed by atoms with Gasteiger partial charge in [0, 0.05) is 24.2 Å². The average Bonchev–Trinajstić information content (AvgIpc) is 3.31. The first kappa shape index (κ1) is 13.8. The minimum absolute atomic E-state index is 0.537. The number of rotatable bonds is 5. The summed E-state index contributed by atoms with van der Waals surface area (Å²) >= 11 is 0. The Hall–Kier alpha value is -2.17. The smallest absolute Gasteiger partial charge is 0.136 e. The molecule has 0 amide bonds. The summed E-state index contributed by atoms with van der Waals surface area (Å²) in [4.78, 5) is 13.8. The van der Waals surface area contributed by atoms with Crippen LogP contribution in [0.3, 0.4) is 0 Å². The van der Waals surface area contributed by atoms with Crippen molar-refractivity contribution in [3.05, 3.63) is 41.0 Å². The summed E-state index contributed by atoms with van der Waals surface area (Å²) in [6.07, 6.45) is 2.40. The molecular formula is C16H21N5. The van der Waals surface area contributed by atoms with Gasteiger partial charge in [-0.05, 0) is 38.8 Å². The van der Waals surface area contributed by atoms with Crippen LogP contribution in [0, 0.1) is 13.8 Å². The van der Waals surface area contributed by atoms with Crippen molar-refractivity contribution in [2.24, 2.45) is 0 Å². The van der Waals surface area contributed by atoms with Crippen LogP contribution >= 0.6 is 0 Å². The number of aromatic nitrogens is 3. The summed E-state index contributed by atoms with van der Waals surface area (Å²) in [5.74, 6) is 3.30. The largest absolute Gasteiger partial charge is 0.373 e. The van der Waals surface area contributed by atoms with E-state index in [1.807, 2.05) is 39.1 Å². The molecule has 0 spiro atoms. The molecule has 2 aromatic heterocycles. The van der Waals surface area contributed by atoms with E-state index in [1.54, 1.807) is 0 Å². The minimum atomic E-state index is 0.537. The van der Waals surface area contributed by atoms with Crippen molar-refractivity contribution in [1.82, 2.24) is 15.0 Å². The summed E-state index contributed by atoms with van der Waals surface area (Å²) in [5, 5.41) is 6.56. The second-order valence-corrected chi connectivity index (χ2v) is 5.55. The van der Waals surface area contributed by atoms with Gasteiger partial charge in [-0.2, -0.15) is 0 Å². The monoisotopic (exact) mass is 283 g/mol. The lowest BCUT2D eigenvalue weighted by atomic mass is 10.2. The van der Waals surface area contributed by atoms with E-state index in [2.05, 4.69) is 20.6 Å². The first-order valence-corrected chi connectivity index (χ1v) is 7.40. The summed E-state index contributed by atoms with van der Waals surface area (Å²) in [6.45, 7) is 4.71. The fraction of sp³-hybridized carbons (Fsp3) is 0.438. The molecule has 5 nitrogen and oxygen atoms in total. The first-order chi connectivity index (χ1) is 10.2. The SMILES string of the molecule is CNc1nc(C2CC2)nc(NCc2cccc(C)n2)c1C. The Morgan fingerprint density at radius 2 is 1.86 bits per heavy atom. The highest BCUT2D eigenvalue weighted by Gasteiger charge is 2.28. The summed E-state index contributed by atoms with van der Waals surface area (Å²) in [5.41, 5.74) is 3.10. The summed E-state index contributed by atoms with van der Waals surface area (Å²) in [6, 6.07) is 6.06. The molecule has 0 radical (unpaired) electrons. The number of aryl methyl sites for hydroxylation is 1. The summed E-state index contributed by atoms with van der Waals surface area (Å²) in [7, 11) is 1.90. The summed E-state index contributed by atoms with van der Waals surface area (Å²) < 4.78 is 0. The van der Waals surface area contributed by atoms with E-state index in [0.29, 0.717) is 12.5 Å². The van der Waals surface area contributed by atoms with Gasteiger partial charge in [0.05, 0.1) is 12.2 Å². The lowest BCUT2D eigenvalue weighted by Crippen LogP contribution is -2.10. The highest BCUT2D eigenvalue weighted by molar-refractivity contribution is 5.57. The van der Waals surface area contributed by atoms with Crippen molar-refractivity contribution >= 4 is 11.6 Å². The van der Waals surface area contributed by atoms with E-state index in [-0.39, 0.29) is 0 Å². The molecule has 3 rings (SSSR count). The number of hydrogen-bond acceptors (Lipinski definition) is 5. The van der Waals surface area contributed by atoms with E-state index in [1.165, 1.54) is 12.8 Å². The Balaban J connectivity index is 1.82. The standard InChI is InChI=1S/C16H21N5/c1-10-5-4-6-13(19-10)9-18-15-11(2)14(17-3)20-16(21-15)12-7-8-12/h4-6,12H,7-9H2,1-3H3,(H2,17,18,20,21). The molecule has 2 N–H and O–H groups in total. The number of pyridine rings is 1. The minimum Gasteiger partial charge on any atom is -0.373 e. The average molecular weight is 283 g/mol. The molecule has 2 heterocycles. The van der Waals surface area contributed by atoms with Gasteiger partial charge < -0.3 is 10.6 Å². The molecule has 110 valence electrons. The van der Waals surface area contributed by atoms with Crippen molar-refractivity contribution in [2.45, 2.75) is 39.2 Å². The zero-order chi connectivity index (χ0) is 14.8. The zero-order valence-electron chi connectivity index (χ0n) is 12.8. The highest BCUT2D eigenvalue weighted by atomic mass is 15.1. The van der Waals surface area contributed by atoms with Gasteiger partial charge in [-0.1, -0.05) is 6.07 Å². The van der Waals surface area contributed by atoms with Gasteiger partial charge in [-0.25, -0.2) is 9.97 Å². The molecule has 1 aliphatic carbocycles. The number of hydrogen-bond donors (Lipinski definition) is 2. The third-order valence-electron chi connectivity index (χ3n) is 3.73. The molecule has 0 saturated heterocycles. The molecular weight excluding hydrogens is 262 g/mol. The topological polar surface area (TPSA) is 62.7 Å². The second-order valence-electron chi connectivity index (χ2n) is 5.55. The maximum absolute atomic E-state index is 4.69. The van der Waals surface area contributed by atoms with Crippen LogP contribution in [0.25, 0.3) is 0 Å². The van der Waals surface area contributed by atoms with E-state index in [0.717, 1.165) is 34.4 Å². The van der Waals surface area contributed by atoms with Crippen LogP contribution < -0.4 is 10.6 Å². The maximum atomic E-state index is 4.69. The fourth-order valence-electron chi connectivity index (χ4n) is 2.35. The van der Waals surface area contributed by atoms with Gasteiger partial charge in [0.15, 0.2) is 0 Å². The van der Waals surface area contributed by atoms with Crippen LogP contribution in [0.2, 0.25) is 0 Å².